The van der Waals surface area contributed by atoms with Gasteiger partial charge >= 0.3 is 6.18 Å². The van der Waals surface area contributed by atoms with Crippen molar-refractivity contribution in [3.05, 3.63) is 0 Å². The van der Waals surface area contributed by atoms with Crippen molar-refractivity contribution in [3.63, 3.8) is 0 Å². The Morgan fingerprint density at radius 1 is 1.25 bits per heavy atom. The van der Waals surface area contributed by atoms with E-state index in [4.69, 9.17) is 0 Å². The van der Waals surface area contributed by atoms with Gasteiger partial charge in [0.15, 0.2) is 0 Å². The standard InChI is InChI=1S/C11H21F3N2/c1-2-16(8-5-11(12,13)14)9-10-3-6-15-7-4-10/h10,15H,2-9H2,1H3. The van der Waals surface area contributed by atoms with Gasteiger partial charge in [0.1, 0.15) is 0 Å². The summed E-state index contributed by atoms with van der Waals surface area (Å²) in [4.78, 5) is 1.92. The first-order valence-corrected chi connectivity index (χ1v) is 6.01. The maximum absolute atomic E-state index is 12.1. The highest BCUT2D eigenvalue weighted by atomic mass is 19.4. The summed E-state index contributed by atoms with van der Waals surface area (Å²) < 4.78 is 36.3. The summed E-state index contributed by atoms with van der Waals surface area (Å²) in [5.74, 6) is 0.564. The molecule has 5 heteroatoms. The Balaban J connectivity index is 2.25. The van der Waals surface area contributed by atoms with Gasteiger partial charge in [0, 0.05) is 13.1 Å². The lowest BCUT2D eigenvalue weighted by molar-refractivity contribution is -0.138. The van der Waals surface area contributed by atoms with E-state index < -0.39 is 12.6 Å². The second-order valence-electron chi connectivity index (χ2n) is 4.45. The van der Waals surface area contributed by atoms with Crippen LogP contribution in [0.1, 0.15) is 26.2 Å². The van der Waals surface area contributed by atoms with Gasteiger partial charge in [-0.1, -0.05) is 6.92 Å². The summed E-state index contributed by atoms with van der Waals surface area (Å²) >= 11 is 0. The predicted molar refractivity (Wildman–Crippen MR) is 58.4 cm³/mol. The van der Waals surface area contributed by atoms with Crippen LogP contribution in [0.5, 0.6) is 0 Å². The van der Waals surface area contributed by atoms with Crippen LogP contribution < -0.4 is 5.32 Å². The Kier molecular flexibility index (Phi) is 5.55. The van der Waals surface area contributed by atoms with E-state index in [9.17, 15) is 13.2 Å². The van der Waals surface area contributed by atoms with Crippen LogP contribution in [0.4, 0.5) is 13.2 Å². The molecule has 96 valence electrons. The largest absolute Gasteiger partial charge is 0.390 e. The van der Waals surface area contributed by atoms with Crippen LogP contribution in [0, 0.1) is 5.92 Å². The van der Waals surface area contributed by atoms with Crippen LogP contribution in [0.2, 0.25) is 0 Å². The molecule has 0 bridgehead atoms. The highest BCUT2D eigenvalue weighted by molar-refractivity contribution is 4.72. The summed E-state index contributed by atoms with van der Waals surface area (Å²) in [6.45, 7) is 5.60. The van der Waals surface area contributed by atoms with Gasteiger partial charge in [0.2, 0.25) is 0 Å². The average Bonchev–Trinajstić information content (AvgIpc) is 2.24. The van der Waals surface area contributed by atoms with E-state index in [2.05, 4.69) is 5.32 Å². The number of halogens is 3. The molecule has 0 spiro atoms. The minimum absolute atomic E-state index is 0.143. The van der Waals surface area contributed by atoms with Crippen molar-refractivity contribution in [1.29, 1.82) is 0 Å². The fourth-order valence-electron chi connectivity index (χ4n) is 2.09. The third kappa shape index (κ3) is 5.70. The van der Waals surface area contributed by atoms with Crippen LogP contribution in [-0.2, 0) is 0 Å². The number of hydrogen-bond acceptors (Lipinski definition) is 2. The fourth-order valence-corrected chi connectivity index (χ4v) is 2.09. The Bertz CT molecular complexity index is 188. The topological polar surface area (TPSA) is 15.3 Å². The molecule has 1 rings (SSSR count). The minimum Gasteiger partial charge on any atom is -0.317 e. The zero-order valence-electron chi connectivity index (χ0n) is 9.82. The lowest BCUT2D eigenvalue weighted by atomic mass is 9.97. The van der Waals surface area contributed by atoms with Crippen LogP contribution in [0.15, 0.2) is 0 Å². The molecule has 1 heterocycles. The molecule has 1 N–H and O–H groups in total. The van der Waals surface area contributed by atoms with Gasteiger partial charge in [0.05, 0.1) is 6.42 Å². The normalized spacial score (nSPS) is 19.3. The van der Waals surface area contributed by atoms with Crippen molar-refractivity contribution in [1.82, 2.24) is 10.2 Å². The molecule has 0 aromatic rings. The molecule has 0 saturated carbocycles. The highest BCUT2D eigenvalue weighted by Gasteiger charge is 2.28. The van der Waals surface area contributed by atoms with E-state index in [1.54, 1.807) is 0 Å². The summed E-state index contributed by atoms with van der Waals surface area (Å²) in [7, 11) is 0. The van der Waals surface area contributed by atoms with Crippen LogP contribution in [-0.4, -0.2) is 43.8 Å². The van der Waals surface area contributed by atoms with Crippen molar-refractivity contribution in [2.75, 3.05) is 32.7 Å². The quantitative estimate of drug-likeness (QED) is 0.790. The molecule has 0 atom stereocenters. The highest BCUT2D eigenvalue weighted by Crippen LogP contribution is 2.21. The van der Waals surface area contributed by atoms with Gasteiger partial charge in [-0.2, -0.15) is 13.2 Å². The third-order valence-electron chi connectivity index (χ3n) is 3.13. The van der Waals surface area contributed by atoms with Crippen molar-refractivity contribution < 1.29 is 13.2 Å². The van der Waals surface area contributed by atoms with Gasteiger partial charge in [-0.3, -0.25) is 0 Å². The Morgan fingerprint density at radius 3 is 2.38 bits per heavy atom. The van der Waals surface area contributed by atoms with Gasteiger partial charge in [-0.05, 0) is 38.4 Å². The number of rotatable bonds is 5. The van der Waals surface area contributed by atoms with E-state index in [0.29, 0.717) is 12.5 Å². The van der Waals surface area contributed by atoms with E-state index >= 15 is 0 Å². The van der Waals surface area contributed by atoms with E-state index in [0.717, 1.165) is 32.5 Å². The van der Waals surface area contributed by atoms with Gasteiger partial charge < -0.3 is 10.2 Å². The Hall–Kier alpha value is -0.290. The number of hydrogen-bond donors (Lipinski definition) is 1. The number of piperidine rings is 1. The molecule has 0 aromatic heterocycles. The molecule has 16 heavy (non-hydrogen) atoms. The second-order valence-corrected chi connectivity index (χ2v) is 4.45. The van der Waals surface area contributed by atoms with Crippen molar-refractivity contribution >= 4 is 0 Å². The van der Waals surface area contributed by atoms with Crippen LogP contribution >= 0.6 is 0 Å². The third-order valence-corrected chi connectivity index (χ3v) is 3.13. The maximum Gasteiger partial charge on any atom is 0.390 e. The maximum atomic E-state index is 12.1. The summed E-state index contributed by atoms with van der Waals surface area (Å²) in [5.41, 5.74) is 0. The van der Waals surface area contributed by atoms with Gasteiger partial charge in [-0.15, -0.1) is 0 Å². The van der Waals surface area contributed by atoms with E-state index in [1.165, 1.54) is 0 Å². The molecule has 0 amide bonds. The summed E-state index contributed by atoms with van der Waals surface area (Å²) in [6, 6.07) is 0. The van der Waals surface area contributed by atoms with Crippen molar-refractivity contribution in [2.45, 2.75) is 32.4 Å². The van der Waals surface area contributed by atoms with Gasteiger partial charge in [-0.25, -0.2) is 0 Å². The zero-order valence-corrected chi connectivity index (χ0v) is 9.82. The second kappa shape index (κ2) is 6.45. The molecular formula is C11H21F3N2. The lowest BCUT2D eigenvalue weighted by Crippen LogP contribution is -2.37. The fraction of sp³-hybridized carbons (Fsp3) is 1.00. The molecule has 2 nitrogen and oxygen atoms in total. The smallest absolute Gasteiger partial charge is 0.317 e. The number of nitrogens with one attached hydrogen (secondary N) is 1. The van der Waals surface area contributed by atoms with E-state index in [1.807, 2.05) is 11.8 Å². The molecule has 0 radical (unpaired) electrons. The molecule has 0 unspecified atom stereocenters. The first-order chi connectivity index (χ1) is 7.51. The van der Waals surface area contributed by atoms with Crippen LogP contribution in [0.3, 0.4) is 0 Å². The van der Waals surface area contributed by atoms with Gasteiger partial charge in [0.25, 0.3) is 0 Å². The summed E-state index contributed by atoms with van der Waals surface area (Å²) in [6.07, 6.45) is -2.54. The number of alkyl halides is 3. The lowest BCUT2D eigenvalue weighted by Gasteiger charge is -2.29. The first-order valence-electron chi connectivity index (χ1n) is 6.01. The molecule has 1 aliphatic heterocycles. The molecule has 0 aliphatic carbocycles. The summed E-state index contributed by atoms with van der Waals surface area (Å²) in [5, 5.41) is 3.26. The zero-order chi connectivity index (χ0) is 12.0. The molecular weight excluding hydrogens is 217 g/mol. The SMILES string of the molecule is CCN(CCC(F)(F)F)CC1CCNCC1. The molecule has 1 aliphatic rings. The average molecular weight is 238 g/mol. The first kappa shape index (κ1) is 13.8. The van der Waals surface area contributed by atoms with Crippen LogP contribution in [0.25, 0.3) is 0 Å². The monoisotopic (exact) mass is 238 g/mol. The Labute approximate surface area is 95.2 Å². The molecule has 0 aromatic carbocycles. The Morgan fingerprint density at radius 2 is 1.88 bits per heavy atom. The van der Waals surface area contributed by atoms with E-state index in [-0.39, 0.29) is 6.54 Å². The number of nitrogens with zero attached hydrogens (tertiary/aromatic N) is 1. The predicted octanol–water partition coefficient (Wildman–Crippen LogP) is 2.26. The minimum atomic E-state index is -4.03. The van der Waals surface area contributed by atoms with Crippen molar-refractivity contribution in [2.24, 2.45) is 5.92 Å². The molecule has 1 fully saturated rings. The van der Waals surface area contributed by atoms with Crippen molar-refractivity contribution in [3.8, 4) is 0 Å². The molecule has 1 saturated heterocycles.